The molecule has 0 bridgehead atoms. The molecule has 3 heteroatoms. The molecule has 0 radical (unpaired) electrons. The third-order valence-electron chi connectivity index (χ3n) is 1.80. The lowest BCUT2D eigenvalue weighted by Crippen LogP contribution is -2.01. The molecule has 0 spiro atoms. The summed E-state index contributed by atoms with van der Waals surface area (Å²) in [5, 5.41) is 0. The number of rotatable bonds is 4. The lowest BCUT2D eigenvalue weighted by molar-refractivity contribution is 0.111. The zero-order valence-corrected chi connectivity index (χ0v) is 8.91. The molecule has 0 aliphatic carbocycles. The van der Waals surface area contributed by atoms with Gasteiger partial charge in [-0.25, -0.2) is 4.98 Å². The zero-order chi connectivity index (χ0) is 11.1. The minimum absolute atomic E-state index is 0.347. The Bertz CT molecular complexity index is 402. The summed E-state index contributed by atoms with van der Waals surface area (Å²) in [4.78, 5) is 14.8. The fraction of sp³-hybridized carbons (Fsp3) is 0.333. The van der Waals surface area contributed by atoms with Crippen molar-refractivity contribution in [3.8, 4) is 17.6 Å². The molecule has 0 unspecified atom stereocenters. The molecule has 0 saturated heterocycles. The highest BCUT2D eigenvalue weighted by atomic mass is 16.5. The second-order valence-electron chi connectivity index (χ2n) is 2.98. The number of aryl methyl sites for hydroxylation is 1. The first-order valence-electron chi connectivity index (χ1n) is 4.73. The quantitative estimate of drug-likeness (QED) is 0.427. The monoisotopic (exact) mass is 203 g/mol. The summed E-state index contributed by atoms with van der Waals surface area (Å²) in [7, 11) is 0. The van der Waals surface area contributed by atoms with Gasteiger partial charge in [0.1, 0.15) is 11.4 Å². The van der Waals surface area contributed by atoms with E-state index >= 15 is 0 Å². The molecule has 78 valence electrons. The molecule has 0 saturated carbocycles. The first-order valence-corrected chi connectivity index (χ1v) is 4.73. The number of carbonyl (C=O) groups excluding carboxylic acids is 1. The van der Waals surface area contributed by atoms with E-state index in [1.807, 2.05) is 13.0 Å². The molecule has 0 N–H and O–H groups in total. The summed E-state index contributed by atoms with van der Waals surface area (Å²) in [5.74, 6) is 6.18. The average Bonchev–Trinajstić information content (AvgIpc) is 2.26. The summed E-state index contributed by atoms with van der Waals surface area (Å²) >= 11 is 0. The van der Waals surface area contributed by atoms with Crippen molar-refractivity contribution in [1.29, 1.82) is 0 Å². The maximum absolute atomic E-state index is 10.7. The lowest BCUT2D eigenvalue weighted by atomic mass is 10.3. The molecular formula is C12H13NO2. The van der Waals surface area contributed by atoms with Crippen LogP contribution in [0.2, 0.25) is 0 Å². The number of carbonyl (C=O) groups is 1. The van der Waals surface area contributed by atoms with Gasteiger partial charge in [-0.05, 0) is 26.0 Å². The fourth-order valence-electron chi connectivity index (χ4n) is 1.11. The van der Waals surface area contributed by atoms with Gasteiger partial charge in [-0.1, -0.05) is 0 Å². The highest BCUT2D eigenvalue weighted by Gasteiger charge is 2.03. The Morgan fingerprint density at radius 1 is 1.53 bits per heavy atom. The maximum atomic E-state index is 10.7. The van der Waals surface area contributed by atoms with Crippen molar-refractivity contribution < 1.29 is 9.53 Å². The normalized spacial score (nSPS) is 8.93. The van der Waals surface area contributed by atoms with Crippen LogP contribution < -0.4 is 4.74 Å². The van der Waals surface area contributed by atoms with Crippen LogP contribution in [-0.4, -0.2) is 17.9 Å². The molecule has 3 nitrogen and oxygen atoms in total. The van der Waals surface area contributed by atoms with E-state index < -0.39 is 0 Å². The standard InChI is InChI=1S/C12H13NO2/c1-3-4-5-8-15-12-7-6-10(2)13-11(12)9-14/h6-7,9H,5,8H2,1-2H3. The second kappa shape index (κ2) is 5.82. The molecule has 0 aliphatic heterocycles. The van der Waals surface area contributed by atoms with Crippen LogP contribution in [0.15, 0.2) is 12.1 Å². The summed E-state index contributed by atoms with van der Waals surface area (Å²) in [6, 6.07) is 3.57. The van der Waals surface area contributed by atoms with E-state index in [0.29, 0.717) is 30.8 Å². The molecule has 1 heterocycles. The van der Waals surface area contributed by atoms with Crippen molar-refractivity contribution >= 4 is 6.29 Å². The Kier molecular flexibility index (Phi) is 4.36. The van der Waals surface area contributed by atoms with Gasteiger partial charge >= 0.3 is 0 Å². The number of nitrogens with zero attached hydrogens (tertiary/aromatic N) is 1. The van der Waals surface area contributed by atoms with Crippen LogP contribution in [0, 0.1) is 18.8 Å². The van der Waals surface area contributed by atoms with Crippen molar-refractivity contribution in [3.05, 3.63) is 23.5 Å². The minimum atomic E-state index is 0.347. The van der Waals surface area contributed by atoms with E-state index in [0.717, 1.165) is 5.69 Å². The van der Waals surface area contributed by atoms with Crippen molar-refractivity contribution in [2.45, 2.75) is 20.3 Å². The number of hydrogen-bond acceptors (Lipinski definition) is 3. The Morgan fingerprint density at radius 3 is 3.00 bits per heavy atom. The SMILES string of the molecule is CC#CCCOc1ccc(C)nc1C=O. The van der Waals surface area contributed by atoms with Gasteiger partial charge in [0.2, 0.25) is 0 Å². The molecule has 0 atom stereocenters. The van der Waals surface area contributed by atoms with Crippen LogP contribution in [0.1, 0.15) is 29.5 Å². The third-order valence-corrected chi connectivity index (χ3v) is 1.80. The van der Waals surface area contributed by atoms with E-state index in [4.69, 9.17) is 4.74 Å². The van der Waals surface area contributed by atoms with Crippen LogP contribution in [0.25, 0.3) is 0 Å². The Balaban J connectivity index is 2.66. The number of hydrogen-bond donors (Lipinski definition) is 0. The third kappa shape index (κ3) is 3.43. The van der Waals surface area contributed by atoms with Crippen LogP contribution in [0.3, 0.4) is 0 Å². The van der Waals surface area contributed by atoms with Crippen molar-refractivity contribution in [2.75, 3.05) is 6.61 Å². The number of ether oxygens (including phenoxy) is 1. The van der Waals surface area contributed by atoms with Crippen molar-refractivity contribution in [1.82, 2.24) is 4.98 Å². The van der Waals surface area contributed by atoms with Crippen LogP contribution >= 0.6 is 0 Å². The number of aromatic nitrogens is 1. The van der Waals surface area contributed by atoms with Crippen LogP contribution in [0.4, 0.5) is 0 Å². The van der Waals surface area contributed by atoms with Gasteiger partial charge in [-0.3, -0.25) is 4.79 Å². The molecule has 1 aromatic rings. The largest absolute Gasteiger partial charge is 0.490 e. The fourth-order valence-corrected chi connectivity index (χ4v) is 1.11. The Morgan fingerprint density at radius 2 is 2.33 bits per heavy atom. The van der Waals surface area contributed by atoms with E-state index in [1.54, 1.807) is 13.0 Å². The van der Waals surface area contributed by atoms with Gasteiger partial charge < -0.3 is 4.74 Å². The summed E-state index contributed by atoms with van der Waals surface area (Å²) in [5.41, 5.74) is 1.15. The smallest absolute Gasteiger partial charge is 0.172 e. The molecule has 0 fully saturated rings. The van der Waals surface area contributed by atoms with Crippen LogP contribution in [0.5, 0.6) is 5.75 Å². The van der Waals surface area contributed by atoms with Gasteiger partial charge in [0.05, 0.1) is 6.61 Å². The molecule has 0 aliphatic rings. The van der Waals surface area contributed by atoms with E-state index in [2.05, 4.69) is 16.8 Å². The van der Waals surface area contributed by atoms with Crippen molar-refractivity contribution in [3.63, 3.8) is 0 Å². The Hall–Kier alpha value is -1.82. The molecular weight excluding hydrogens is 190 g/mol. The van der Waals surface area contributed by atoms with Crippen molar-refractivity contribution in [2.24, 2.45) is 0 Å². The topological polar surface area (TPSA) is 39.2 Å². The van der Waals surface area contributed by atoms with Gasteiger partial charge in [-0.2, -0.15) is 0 Å². The first-order chi connectivity index (χ1) is 7.27. The molecule has 0 aromatic carbocycles. The number of aldehydes is 1. The van der Waals surface area contributed by atoms with Gasteiger partial charge in [0, 0.05) is 12.1 Å². The first kappa shape index (κ1) is 11.3. The molecule has 0 amide bonds. The van der Waals surface area contributed by atoms with Gasteiger partial charge in [-0.15, -0.1) is 11.8 Å². The summed E-state index contributed by atoms with van der Waals surface area (Å²) in [6.07, 6.45) is 1.36. The lowest BCUT2D eigenvalue weighted by Gasteiger charge is -2.06. The van der Waals surface area contributed by atoms with E-state index in [9.17, 15) is 4.79 Å². The van der Waals surface area contributed by atoms with E-state index in [-0.39, 0.29) is 0 Å². The number of pyridine rings is 1. The van der Waals surface area contributed by atoms with E-state index in [1.165, 1.54) is 0 Å². The second-order valence-corrected chi connectivity index (χ2v) is 2.98. The molecule has 1 aromatic heterocycles. The Labute approximate surface area is 89.5 Å². The molecule has 1 rings (SSSR count). The van der Waals surface area contributed by atoms with Gasteiger partial charge in [0.15, 0.2) is 6.29 Å². The van der Waals surface area contributed by atoms with Gasteiger partial charge in [0.25, 0.3) is 0 Å². The minimum Gasteiger partial charge on any atom is -0.490 e. The maximum Gasteiger partial charge on any atom is 0.172 e. The predicted octanol–water partition coefficient (Wildman–Crippen LogP) is 1.99. The molecule has 15 heavy (non-hydrogen) atoms. The highest BCUT2D eigenvalue weighted by molar-refractivity contribution is 5.76. The summed E-state index contributed by atoms with van der Waals surface area (Å²) in [6.45, 7) is 4.09. The summed E-state index contributed by atoms with van der Waals surface area (Å²) < 4.78 is 5.39. The average molecular weight is 203 g/mol. The van der Waals surface area contributed by atoms with Crippen LogP contribution in [-0.2, 0) is 0 Å². The predicted molar refractivity (Wildman–Crippen MR) is 57.9 cm³/mol. The zero-order valence-electron chi connectivity index (χ0n) is 8.91. The highest BCUT2D eigenvalue weighted by Crippen LogP contribution is 2.14.